The maximum absolute atomic E-state index is 12.9. The van der Waals surface area contributed by atoms with Crippen LogP contribution in [0, 0.1) is 0 Å². The molecule has 0 bridgehead atoms. The molecule has 6 heteroatoms. The van der Waals surface area contributed by atoms with Crippen molar-refractivity contribution in [2.45, 2.75) is 31.3 Å². The van der Waals surface area contributed by atoms with E-state index in [2.05, 4.69) is 5.32 Å². The van der Waals surface area contributed by atoms with E-state index in [0.29, 0.717) is 17.1 Å². The Morgan fingerprint density at radius 3 is 2.48 bits per heavy atom. The minimum Gasteiger partial charge on any atom is -0.392 e. The summed E-state index contributed by atoms with van der Waals surface area (Å²) in [7, 11) is 0. The minimum absolute atomic E-state index is 0.218. The van der Waals surface area contributed by atoms with E-state index in [1.807, 2.05) is 66.7 Å². The van der Waals surface area contributed by atoms with Gasteiger partial charge in [0.05, 0.1) is 12.1 Å². The van der Waals surface area contributed by atoms with E-state index in [1.54, 1.807) is 17.0 Å². The Labute approximate surface area is 186 Å². The Balaban J connectivity index is 1.48. The lowest BCUT2D eigenvalue weighted by Gasteiger charge is -2.29. The number of likely N-dealkylation sites (tertiary alicyclic amines) is 1. The van der Waals surface area contributed by atoms with Crippen LogP contribution in [0.4, 0.5) is 0 Å². The third-order valence-electron chi connectivity index (χ3n) is 5.61. The monoisotopic (exact) mass is 436 g/mol. The molecule has 0 aliphatic carbocycles. The number of β-amino-alcohol motifs (C(OH)–C–C–N with tert-alkyl or cyclic N) is 1. The molecule has 1 heterocycles. The largest absolute Gasteiger partial charge is 0.392 e. The van der Waals surface area contributed by atoms with Gasteiger partial charge >= 0.3 is 0 Å². The summed E-state index contributed by atoms with van der Waals surface area (Å²) in [6.45, 7) is 0.589. The maximum Gasteiger partial charge on any atom is 0.237 e. The summed E-state index contributed by atoms with van der Waals surface area (Å²) in [4.78, 5) is 14.5. The van der Waals surface area contributed by atoms with Crippen molar-refractivity contribution in [3.8, 4) is 11.1 Å². The Morgan fingerprint density at radius 2 is 1.74 bits per heavy atom. The fourth-order valence-corrected chi connectivity index (χ4v) is 4.10. The predicted octanol–water partition coefficient (Wildman–Crippen LogP) is 3.75. The molecule has 3 aromatic rings. The van der Waals surface area contributed by atoms with Crippen molar-refractivity contribution in [1.29, 1.82) is 0 Å². The molecule has 31 heavy (non-hydrogen) atoms. The summed E-state index contributed by atoms with van der Waals surface area (Å²) in [6, 6.07) is 24.2. The molecule has 160 valence electrons. The molecule has 3 aromatic carbocycles. The van der Waals surface area contributed by atoms with Crippen LogP contribution >= 0.6 is 11.6 Å². The number of carbonyl (C=O) groups is 1. The highest BCUT2D eigenvalue weighted by atomic mass is 35.5. The Kier molecular flexibility index (Phi) is 6.68. The normalized spacial score (nSPS) is 19.8. The van der Waals surface area contributed by atoms with Crippen LogP contribution in [-0.2, 0) is 11.3 Å². The number of carbonyl (C=O) groups excluding carboxylic acids is 1. The highest BCUT2D eigenvalue weighted by Gasteiger charge is 2.39. The molecule has 1 aliphatic rings. The van der Waals surface area contributed by atoms with E-state index in [0.717, 1.165) is 16.7 Å². The summed E-state index contributed by atoms with van der Waals surface area (Å²) in [6.07, 6.45) is -1.38. The van der Waals surface area contributed by atoms with Crippen molar-refractivity contribution in [1.82, 2.24) is 10.2 Å². The molecule has 3 atom stereocenters. The quantitative estimate of drug-likeness (QED) is 0.550. The molecule has 1 saturated heterocycles. The predicted molar refractivity (Wildman–Crippen MR) is 121 cm³/mol. The molecule has 1 fully saturated rings. The smallest absolute Gasteiger partial charge is 0.237 e. The second-order valence-corrected chi connectivity index (χ2v) is 8.25. The van der Waals surface area contributed by atoms with Gasteiger partial charge in [-0.3, -0.25) is 9.69 Å². The molecule has 0 radical (unpaired) electrons. The minimum atomic E-state index is -0.993. The number of amides is 1. The average molecular weight is 437 g/mol. The number of hydrogen-bond acceptors (Lipinski definition) is 4. The molecular formula is C25H25ClN2O3. The molecular weight excluding hydrogens is 412 g/mol. The third-order valence-corrected chi connectivity index (χ3v) is 5.86. The molecule has 1 amide bonds. The van der Waals surface area contributed by atoms with Crippen molar-refractivity contribution in [2.24, 2.45) is 0 Å². The fraction of sp³-hybridized carbons (Fsp3) is 0.240. The zero-order valence-corrected chi connectivity index (χ0v) is 17.7. The third kappa shape index (κ3) is 5.14. The van der Waals surface area contributed by atoms with Gasteiger partial charge in [-0.05, 0) is 46.9 Å². The fourth-order valence-electron chi connectivity index (χ4n) is 3.98. The number of nitrogens with zero attached hydrogens (tertiary/aromatic N) is 1. The zero-order valence-electron chi connectivity index (χ0n) is 17.0. The van der Waals surface area contributed by atoms with Gasteiger partial charge < -0.3 is 15.5 Å². The van der Waals surface area contributed by atoms with Crippen LogP contribution in [0.15, 0.2) is 78.9 Å². The summed E-state index contributed by atoms with van der Waals surface area (Å²) >= 11 is 5.91. The highest BCUT2D eigenvalue weighted by Crippen LogP contribution is 2.30. The lowest BCUT2D eigenvalue weighted by atomic mass is 10.0. The molecule has 1 unspecified atom stereocenters. The van der Waals surface area contributed by atoms with Gasteiger partial charge in [-0.15, -0.1) is 0 Å². The van der Waals surface area contributed by atoms with E-state index >= 15 is 0 Å². The van der Waals surface area contributed by atoms with Gasteiger partial charge in [-0.2, -0.15) is 0 Å². The van der Waals surface area contributed by atoms with Gasteiger partial charge in [0.1, 0.15) is 6.23 Å². The van der Waals surface area contributed by atoms with Gasteiger partial charge in [-0.25, -0.2) is 0 Å². The highest BCUT2D eigenvalue weighted by molar-refractivity contribution is 6.30. The molecule has 4 rings (SSSR count). The first kappa shape index (κ1) is 21.5. The number of hydrogen-bond donors (Lipinski definition) is 3. The zero-order chi connectivity index (χ0) is 21.8. The second kappa shape index (κ2) is 9.62. The topological polar surface area (TPSA) is 72.8 Å². The van der Waals surface area contributed by atoms with Crippen LogP contribution in [0.5, 0.6) is 0 Å². The molecule has 1 aliphatic heterocycles. The number of aliphatic hydroxyl groups is 2. The van der Waals surface area contributed by atoms with Gasteiger partial charge in [-0.1, -0.05) is 72.3 Å². The molecule has 3 N–H and O–H groups in total. The van der Waals surface area contributed by atoms with Crippen LogP contribution < -0.4 is 5.32 Å². The Bertz CT molecular complexity index is 1030. The first-order chi connectivity index (χ1) is 15.0. The molecule has 0 aromatic heterocycles. The van der Waals surface area contributed by atoms with E-state index in [-0.39, 0.29) is 18.9 Å². The summed E-state index contributed by atoms with van der Waals surface area (Å²) < 4.78 is 0. The van der Waals surface area contributed by atoms with Crippen molar-refractivity contribution < 1.29 is 15.0 Å². The SMILES string of the molecule is O=C(NCc1ccc(Cl)cc1)[C@@H]1C[C@@H](O)CN1C(O)c1cccc(-c2ccccc2)c1. The van der Waals surface area contributed by atoms with Crippen LogP contribution in [0.1, 0.15) is 23.8 Å². The average Bonchev–Trinajstić information content (AvgIpc) is 3.20. The van der Waals surface area contributed by atoms with E-state index in [1.165, 1.54) is 0 Å². The lowest BCUT2D eigenvalue weighted by molar-refractivity contribution is -0.129. The molecule has 0 saturated carbocycles. The molecule has 0 spiro atoms. The van der Waals surface area contributed by atoms with Gasteiger partial charge in [0.25, 0.3) is 0 Å². The standard InChI is InChI=1S/C25H25ClN2O3/c26-21-11-9-17(10-12-21)15-27-24(30)23-14-22(29)16-28(23)25(31)20-8-4-7-19(13-20)18-5-2-1-3-6-18/h1-13,22-23,25,29,31H,14-16H2,(H,27,30)/t22-,23+,25?/m1/s1. The van der Waals surface area contributed by atoms with Gasteiger partial charge in [0.2, 0.25) is 5.91 Å². The number of aliphatic hydroxyl groups excluding tert-OH is 2. The Hall–Kier alpha value is -2.70. The van der Waals surface area contributed by atoms with Crippen LogP contribution in [0.25, 0.3) is 11.1 Å². The summed E-state index contributed by atoms with van der Waals surface area (Å²) in [5, 5.41) is 24.8. The number of nitrogens with one attached hydrogen (secondary N) is 1. The first-order valence-corrected chi connectivity index (χ1v) is 10.7. The number of benzene rings is 3. The maximum atomic E-state index is 12.9. The van der Waals surface area contributed by atoms with E-state index in [9.17, 15) is 15.0 Å². The summed E-state index contributed by atoms with van der Waals surface area (Å²) in [5.74, 6) is -0.218. The Morgan fingerprint density at radius 1 is 1.03 bits per heavy atom. The van der Waals surface area contributed by atoms with Crippen molar-refractivity contribution >= 4 is 17.5 Å². The summed E-state index contributed by atoms with van der Waals surface area (Å²) in [5.41, 5.74) is 3.65. The van der Waals surface area contributed by atoms with Crippen LogP contribution in [0.3, 0.4) is 0 Å². The molecule has 5 nitrogen and oxygen atoms in total. The number of rotatable bonds is 6. The van der Waals surface area contributed by atoms with Crippen LogP contribution in [0.2, 0.25) is 5.02 Å². The van der Waals surface area contributed by atoms with Crippen molar-refractivity contribution in [3.05, 3.63) is 95.0 Å². The second-order valence-electron chi connectivity index (χ2n) is 7.81. The van der Waals surface area contributed by atoms with Crippen molar-refractivity contribution in [3.63, 3.8) is 0 Å². The van der Waals surface area contributed by atoms with Crippen molar-refractivity contribution in [2.75, 3.05) is 6.54 Å². The first-order valence-electron chi connectivity index (χ1n) is 10.3. The van der Waals surface area contributed by atoms with E-state index < -0.39 is 18.4 Å². The van der Waals surface area contributed by atoms with Crippen LogP contribution in [-0.4, -0.2) is 39.7 Å². The van der Waals surface area contributed by atoms with Gasteiger partial charge in [0, 0.05) is 18.1 Å². The number of halogens is 1. The van der Waals surface area contributed by atoms with Gasteiger partial charge in [0.15, 0.2) is 0 Å². The van der Waals surface area contributed by atoms with E-state index in [4.69, 9.17) is 11.6 Å². The lowest BCUT2D eigenvalue weighted by Crippen LogP contribution is -2.44.